The lowest BCUT2D eigenvalue weighted by atomic mass is 9.89. The topological polar surface area (TPSA) is 21.3 Å². The summed E-state index contributed by atoms with van der Waals surface area (Å²) in [5.41, 5.74) is 1.30. The number of methoxy groups -OCH3 is 1. The lowest BCUT2D eigenvalue weighted by Gasteiger charge is -2.26. The van der Waals surface area contributed by atoms with Crippen LogP contribution >= 0.6 is 0 Å². The molecule has 2 heteroatoms. The Morgan fingerprint density at radius 3 is 2.33 bits per heavy atom. The smallest absolute Gasteiger partial charge is 0.122 e. The maximum absolute atomic E-state index is 5.44. The van der Waals surface area contributed by atoms with Crippen LogP contribution in [-0.4, -0.2) is 19.7 Å². The van der Waals surface area contributed by atoms with E-state index in [4.69, 9.17) is 4.74 Å². The molecule has 1 atom stereocenters. The molecular weight excluding hydrogens is 222 g/mol. The first kappa shape index (κ1) is 15.0. The maximum Gasteiger partial charge on any atom is 0.122 e. The summed E-state index contributed by atoms with van der Waals surface area (Å²) < 4.78 is 5.44. The van der Waals surface area contributed by atoms with Crippen molar-refractivity contribution in [1.29, 1.82) is 0 Å². The van der Waals surface area contributed by atoms with E-state index in [1.807, 2.05) is 12.1 Å². The van der Waals surface area contributed by atoms with Gasteiger partial charge in [0.05, 0.1) is 7.11 Å². The van der Waals surface area contributed by atoms with Gasteiger partial charge in [0.25, 0.3) is 0 Å². The largest absolute Gasteiger partial charge is 0.496 e. The summed E-state index contributed by atoms with van der Waals surface area (Å²) in [7, 11) is 1.75. The third kappa shape index (κ3) is 4.02. The van der Waals surface area contributed by atoms with Gasteiger partial charge in [-0.15, -0.1) is 0 Å². The first-order valence-electron chi connectivity index (χ1n) is 7.11. The molecule has 0 aromatic heterocycles. The summed E-state index contributed by atoms with van der Waals surface area (Å²) in [5.74, 6) is 1.74. The summed E-state index contributed by atoms with van der Waals surface area (Å²) in [5, 5.41) is 3.63. The number of rotatable bonds is 8. The highest BCUT2D eigenvalue weighted by Crippen LogP contribution is 2.23. The summed E-state index contributed by atoms with van der Waals surface area (Å²) in [6.07, 6.45) is 3.50. The summed E-state index contributed by atoms with van der Waals surface area (Å²) in [6, 6.07) is 8.88. The van der Waals surface area contributed by atoms with Crippen LogP contribution in [0.15, 0.2) is 24.3 Å². The third-order valence-electron chi connectivity index (χ3n) is 3.72. The molecule has 0 aliphatic rings. The Kier molecular flexibility index (Phi) is 6.81. The summed E-state index contributed by atoms with van der Waals surface area (Å²) in [4.78, 5) is 0. The van der Waals surface area contributed by atoms with Crippen molar-refractivity contribution in [3.05, 3.63) is 29.8 Å². The molecule has 0 amide bonds. The molecule has 18 heavy (non-hydrogen) atoms. The average molecular weight is 249 g/mol. The van der Waals surface area contributed by atoms with Crippen LogP contribution in [0.25, 0.3) is 0 Å². The molecule has 1 aromatic carbocycles. The predicted molar refractivity (Wildman–Crippen MR) is 78.2 cm³/mol. The van der Waals surface area contributed by atoms with Crippen molar-refractivity contribution in [3.63, 3.8) is 0 Å². The first-order valence-corrected chi connectivity index (χ1v) is 7.11. The van der Waals surface area contributed by atoms with E-state index in [0.717, 1.165) is 24.6 Å². The second-order valence-corrected chi connectivity index (χ2v) is 4.76. The fraction of sp³-hybridized carbons (Fsp3) is 0.625. The monoisotopic (exact) mass is 249 g/mol. The second-order valence-electron chi connectivity index (χ2n) is 4.76. The summed E-state index contributed by atoms with van der Waals surface area (Å²) >= 11 is 0. The lowest BCUT2D eigenvalue weighted by Crippen LogP contribution is -2.37. The minimum absolute atomic E-state index is 0.543. The van der Waals surface area contributed by atoms with Crippen LogP contribution in [0.1, 0.15) is 39.2 Å². The highest BCUT2D eigenvalue weighted by Gasteiger charge is 2.19. The highest BCUT2D eigenvalue weighted by molar-refractivity contribution is 5.33. The van der Waals surface area contributed by atoms with Crippen LogP contribution in [0.4, 0.5) is 0 Å². The number of likely N-dealkylation sites (N-methyl/N-ethyl adjacent to an activating group) is 1. The molecule has 0 heterocycles. The first-order chi connectivity index (χ1) is 8.76. The van der Waals surface area contributed by atoms with E-state index in [9.17, 15) is 0 Å². The van der Waals surface area contributed by atoms with Gasteiger partial charge >= 0.3 is 0 Å². The van der Waals surface area contributed by atoms with E-state index in [2.05, 4.69) is 38.2 Å². The standard InChI is InChI=1S/C16H27NO/c1-5-13(6-2)15(17-7-3)12-14-10-8-9-11-16(14)18-4/h8-11,13,15,17H,5-7,12H2,1-4H3. The lowest BCUT2D eigenvalue weighted by molar-refractivity contribution is 0.331. The molecule has 1 unspecified atom stereocenters. The molecule has 0 spiro atoms. The van der Waals surface area contributed by atoms with E-state index in [1.165, 1.54) is 18.4 Å². The van der Waals surface area contributed by atoms with E-state index < -0.39 is 0 Å². The molecule has 0 saturated heterocycles. The minimum Gasteiger partial charge on any atom is -0.496 e. The minimum atomic E-state index is 0.543. The zero-order chi connectivity index (χ0) is 13.4. The van der Waals surface area contributed by atoms with Crippen LogP contribution in [0, 0.1) is 5.92 Å². The molecule has 0 aliphatic carbocycles. The number of ether oxygens (including phenoxy) is 1. The highest BCUT2D eigenvalue weighted by atomic mass is 16.5. The van der Waals surface area contributed by atoms with Crippen LogP contribution in [0.3, 0.4) is 0 Å². The SMILES string of the molecule is CCNC(Cc1ccccc1OC)C(CC)CC. The van der Waals surface area contributed by atoms with E-state index in [-0.39, 0.29) is 0 Å². The van der Waals surface area contributed by atoms with E-state index >= 15 is 0 Å². The van der Waals surface area contributed by atoms with Crippen LogP contribution < -0.4 is 10.1 Å². The summed E-state index contributed by atoms with van der Waals surface area (Å²) in [6.45, 7) is 7.76. The molecule has 1 aromatic rings. The van der Waals surface area contributed by atoms with Crippen molar-refractivity contribution < 1.29 is 4.74 Å². The Morgan fingerprint density at radius 2 is 1.78 bits per heavy atom. The van der Waals surface area contributed by atoms with Crippen molar-refractivity contribution in [2.75, 3.05) is 13.7 Å². The van der Waals surface area contributed by atoms with Gasteiger partial charge < -0.3 is 10.1 Å². The van der Waals surface area contributed by atoms with Crippen molar-refractivity contribution in [2.24, 2.45) is 5.92 Å². The molecule has 2 nitrogen and oxygen atoms in total. The number of benzene rings is 1. The zero-order valence-corrected chi connectivity index (χ0v) is 12.2. The number of hydrogen-bond donors (Lipinski definition) is 1. The van der Waals surface area contributed by atoms with Gasteiger partial charge in [-0.2, -0.15) is 0 Å². The quantitative estimate of drug-likeness (QED) is 0.759. The normalized spacial score (nSPS) is 12.7. The van der Waals surface area contributed by atoms with Crippen molar-refractivity contribution in [2.45, 2.75) is 46.1 Å². The van der Waals surface area contributed by atoms with Crippen molar-refractivity contribution in [1.82, 2.24) is 5.32 Å². The van der Waals surface area contributed by atoms with E-state index in [0.29, 0.717) is 6.04 Å². The van der Waals surface area contributed by atoms with Crippen LogP contribution in [0.2, 0.25) is 0 Å². The number of para-hydroxylation sites is 1. The van der Waals surface area contributed by atoms with Crippen molar-refractivity contribution in [3.8, 4) is 5.75 Å². The second kappa shape index (κ2) is 8.15. The molecule has 0 fully saturated rings. The molecule has 0 aliphatic heterocycles. The van der Waals surface area contributed by atoms with Gasteiger partial charge in [-0.1, -0.05) is 51.8 Å². The Balaban J connectivity index is 2.81. The fourth-order valence-electron chi connectivity index (χ4n) is 2.63. The van der Waals surface area contributed by atoms with E-state index in [1.54, 1.807) is 7.11 Å². The fourth-order valence-corrected chi connectivity index (χ4v) is 2.63. The Labute approximate surface area is 112 Å². The number of nitrogens with one attached hydrogen (secondary N) is 1. The van der Waals surface area contributed by atoms with Gasteiger partial charge in [0.15, 0.2) is 0 Å². The molecule has 102 valence electrons. The molecule has 0 radical (unpaired) electrons. The Morgan fingerprint density at radius 1 is 1.11 bits per heavy atom. The maximum atomic E-state index is 5.44. The molecule has 1 N–H and O–H groups in total. The van der Waals surface area contributed by atoms with Gasteiger partial charge in [0.1, 0.15) is 5.75 Å². The van der Waals surface area contributed by atoms with Gasteiger partial charge in [-0.05, 0) is 30.5 Å². The zero-order valence-electron chi connectivity index (χ0n) is 12.2. The molecule has 0 bridgehead atoms. The Hall–Kier alpha value is -1.02. The van der Waals surface area contributed by atoms with Gasteiger partial charge in [0.2, 0.25) is 0 Å². The van der Waals surface area contributed by atoms with Crippen LogP contribution in [0.5, 0.6) is 5.75 Å². The third-order valence-corrected chi connectivity index (χ3v) is 3.72. The Bertz CT molecular complexity index is 334. The predicted octanol–water partition coefficient (Wildman–Crippen LogP) is 3.65. The van der Waals surface area contributed by atoms with Gasteiger partial charge in [-0.25, -0.2) is 0 Å². The van der Waals surface area contributed by atoms with Crippen molar-refractivity contribution >= 4 is 0 Å². The van der Waals surface area contributed by atoms with Gasteiger partial charge in [0, 0.05) is 6.04 Å². The number of hydrogen-bond acceptors (Lipinski definition) is 2. The molecular formula is C16H27NO. The van der Waals surface area contributed by atoms with Crippen LogP contribution in [-0.2, 0) is 6.42 Å². The average Bonchev–Trinajstić information content (AvgIpc) is 2.41. The molecule has 0 saturated carbocycles. The van der Waals surface area contributed by atoms with Gasteiger partial charge in [-0.3, -0.25) is 0 Å². The molecule has 1 rings (SSSR count).